The van der Waals surface area contributed by atoms with Crippen molar-refractivity contribution in [3.8, 4) is 11.1 Å². The van der Waals surface area contributed by atoms with Gasteiger partial charge in [0, 0.05) is 12.6 Å². The highest BCUT2D eigenvalue weighted by Crippen LogP contribution is 2.26. The Balaban J connectivity index is 2.40. The number of hydrogen-bond donors (Lipinski definition) is 1. The van der Waals surface area contributed by atoms with Crippen LogP contribution in [0.2, 0.25) is 0 Å². The van der Waals surface area contributed by atoms with Crippen LogP contribution in [0.4, 0.5) is 13.2 Å². The molecule has 0 saturated carbocycles. The van der Waals surface area contributed by atoms with Gasteiger partial charge in [0.05, 0.1) is 0 Å². The Hall–Kier alpha value is -1.81. The van der Waals surface area contributed by atoms with Gasteiger partial charge in [-0.15, -0.1) is 0 Å². The molecule has 0 aliphatic carbocycles. The molecule has 0 aliphatic heterocycles. The van der Waals surface area contributed by atoms with E-state index in [1.54, 1.807) is 6.07 Å². The van der Waals surface area contributed by atoms with Crippen molar-refractivity contribution in [3.63, 3.8) is 0 Å². The monoisotopic (exact) mass is 279 g/mol. The molecule has 106 valence electrons. The number of rotatable bonds is 5. The molecular formula is C16H16F3N. The highest BCUT2D eigenvalue weighted by Gasteiger charge is 2.09. The lowest BCUT2D eigenvalue weighted by Crippen LogP contribution is -2.14. The summed E-state index contributed by atoms with van der Waals surface area (Å²) < 4.78 is 40.0. The van der Waals surface area contributed by atoms with Crippen molar-refractivity contribution >= 4 is 0 Å². The molecule has 2 aromatic rings. The summed E-state index contributed by atoms with van der Waals surface area (Å²) >= 11 is 0. The maximum Gasteiger partial charge on any atom is 0.126 e. The lowest BCUT2D eigenvalue weighted by Gasteiger charge is -2.11. The predicted molar refractivity (Wildman–Crippen MR) is 73.7 cm³/mol. The number of benzene rings is 2. The first kappa shape index (κ1) is 14.6. The van der Waals surface area contributed by atoms with Crippen molar-refractivity contribution in [1.29, 1.82) is 0 Å². The third-order valence-corrected chi connectivity index (χ3v) is 2.99. The number of nitrogens with one attached hydrogen (secondary N) is 1. The molecule has 20 heavy (non-hydrogen) atoms. The maximum atomic E-state index is 13.4. The van der Waals surface area contributed by atoms with Gasteiger partial charge in [0.25, 0.3) is 0 Å². The van der Waals surface area contributed by atoms with E-state index in [0.717, 1.165) is 24.6 Å². The molecule has 2 aromatic carbocycles. The van der Waals surface area contributed by atoms with Gasteiger partial charge in [-0.3, -0.25) is 0 Å². The summed E-state index contributed by atoms with van der Waals surface area (Å²) in [4.78, 5) is 0. The zero-order valence-corrected chi connectivity index (χ0v) is 11.2. The minimum atomic E-state index is -0.670. The van der Waals surface area contributed by atoms with E-state index in [4.69, 9.17) is 0 Å². The summed E-state index contributed by atoms with van der Waals surface area (Å²) in [6, 6.07) is 7.51. The zero-order chi connectivity index (χ0) is 14.5. The summed E-state index contributed by atoms with van der Waals surface area (Å²) in [6.45, 7) is 3.40. The minimum absolute atomic E-state index is 0.343. The lowest BCUT2D eigenvalue weighted by molar-refractivity contribution is 0.584. The van der Waals surface area contributed by atoms with Crippen LogP contribution in [0.25, 0.3) is 11.1 Å². The van der Waals surface area contributed by atoms with E-state index in [1.807, 2.05) is 6.92 Å². The Kier molecular flexibility index (Phi) is 4.79. The largest absolute Gasteiger partial charge is 0.313 e. The van der Waals surface area contributed by atoms with Crippen LogP contribution in [0, 0.1) is 17.5 Å². The molecule has 0 fully saturated rings. The van der Waals surface area contributed by atoms with E-state index in [9.17, 15) is 13.2 Å². The van der Waals surface area contributed by atoms with Gasteiger partial charge < -0.3 is 5.32 Å². The summed E-state index contributed by atoms with van der Waals surface area (Å²) in [6.07, 6.45) is 0.977. The van der Waals surface area contributed by atoms with Gasteiger partial charge in [-0.1, -0.05) is 13.0 Å². The first-order valence-corrected chi connectivity index (χ1v) is 6.55. The van der Waals surface area contributed by atoms with Gasteiger partial charge in [0.15, 0.2) is 0 Å². The molecule has 0 unspecified atom stereocenters. The Morgan fingerprint density at radius 1 is 0.900 bits per heavy atom. The molecule has 4 heteroatoms. The molecule has 0 amide bonds. The highest BCUT2D eigenvalue weighted by molar-refractivity contribution is 5.67. The summed E-state index contributed by atoms with van der Waals surface area (Å²) in [5.41, 5.74) is 1.66. The quantitative estimate of drug-likeness (QED) is 0.806. The van der Waals surface area contributed by atoms with E-state index >= 15 is 0 Å². The minimum Gasteiger partial charge on any atom is -0.313 e. The Labute approximate surface area is 116 Å². The van der Waals surface area contributed by atoms with E-state index in [-0.39, 0.29) is 0 Å². The topological polar surface area (TPSA) is 12.0 Å². The lowest BCUT2D eigenvalue weighted by atomic mass is 9.99. The molecule has 2 rings (SSSR count). The van der Waals surface area contributed by atoms with Crippen LogP contribution in [-0.4, -0.2) is 6.54 Å². The van der Waals surface area contributed by atoms with Crippen LogP contribution < -0.4 is 5.32 Å². The Bertz CT molecular complexity index is 576. The molecule has 0 saturated heterocycles. The molecule has 0 atom stereocenters. The first-order valence-electron chi connectivity index (χ1n) is 6.55. The van der Waals surface area contributed by atoms with Crippen molar-refractivity contribution in [2.45, 2.75) is 19.9 Å². The van der Waals surface area contributed by atoms with Crippen LogP contribution in [0.15, 0.2) is 36.4 Å². The second kappa shape index (κ2) is 6.57. The van der Waals surface area contributed by atoms with Gasteiger partial charge >= 0.3 is 0 Å². The molecule has 0 aromatic heterocycles. The average Bonchev–Trinajstić information content (AvgIpc) is 2.39. The zero-order valence-electron chi connectivity index (χ0n) is 11.2. The summed E-state index contributed by atoms with van der Waals surface area (Å²) in [5, 5.41) is 3.20. The molecule has 0 spiro atoms. The highest BCUT2D eigenvalue weighted by atomic mass is 19.1. The number of hydrogen-bond acceptors (Lipinski definition) is 1. The fourth-order valence-corrected chi connectivity index (χ4v) is 2.08. The van der Waals surface area contributed by atoms with Crippen LogP contribution in [0.1, 0.15) is 18.9 Å². The van der Waals surface area contributed by atoms with Gasteiger partial charge in [0.1, 0.15) is 17.5 Å². The summed E-state index contributed by atoms with van der Waals surface area (Å²) in [5.74, 6) is -1.77. The van der Waals surface area contributed by atoms with E-state index in [1.165, 1.54) is 24.3 Å². The van der Waals surface area contributed by atoms with Crippen LogP contribution >= 0.6 is 0 Å². The Morgan fingerprint density at radius 2 is 1.60 bits per heavy atom. The SMILES string of the molecule is CCCNCc1ccc(F)cc1-c1cc(F)cc(F)c1. The maximum absolute atomic E-state index is 13.4. The third-order valence-electron chi connectivity index (χ3n) is 2.99. The normalized spacial score (nSPS) is 10.8. The van der Waals surface area contributed by atoms with E-state index in [0.29, 0.717) is 17.7 Å². The third kappa shape index (κ3) is 3.61. The fourth-order valence-electron chi connectivity index (χ4n) is 2.08. The van der Waals surface area contributed by atoms with Gasteiger partial charge in [-0.25, -0.2) is 13.2 Å². The molecular weight excluding hydrogens is 263 g/mol. The Morgan fingerprint density at radius 3 is 2.25 bits per heavy atom. The molecule has 0 bridgehead atoms. The van der Waals surface area contributed by atoms with Gasteiger partial charge in [0.2, 0.25) is 0 Å². The standard InChI is InChI=1S/C16H16F3N/c1-2-5-20-10-11-3-4-13(17)9-16(11)12-6-14(18)8-15(19)7-12/h3-4,6-9,20H,2,5,10H2,1H3. The molecule has 0 heterocycles. The molecule has 0 aliphatic rings. The predicted octanol–water partition coefficient (Wildman–Crippen LogP) is 4.27. The van der Waals surface area contributed by atoms with Crippen molar-refractivity contribution in [2.75, 3.05) is 6.54 Å². The smallest absolute Gasteiger partial charge is 0.126 e. The fraction of sp³-hybridized carbons (Fsp3) is 0.250. The van der Waals surface area contributed by atoms with Crippen molar-refractivity contribution < 1.29 is 13.2 Å². The van der Waals surface area contributed by atoms with Crippen molar-refractivity contribution in [3.05, 3.63) is 59.4 Å². The van der Waals surface area contributed by atoms with E-state index < -0.39 is 17.5 Å². The van der Waals surface area contributed by atoms with E-state index in [2.05, 4.69) is 5.32 Å². The van der Waals surface area contributed by atoms with Gasteiger partial charge in [-0.05, 0) is 53.9 Å². The first-order chi connectivity index (χ1) is 9.60. The second-order valence-electron chi connectivity index (χ2n) is 4.64. The average molecular weight is 279 g/mol. The summed E-state index contributed by atoms with van der Waals surface area (Å²) in [7, 11) is 0. The van der Waals surface area contributed by atoms with Crippen LogP contribution in [0.5, 0.6) is 0 Å². The molecule has 1 N–H and O–H groups in total. The van der Waals surface area contributed by atoms with Crippen LogP contribution in [-0.2, 0) is 6.54 Å². The van der Waals surface area contributed by atoms with Gasteiger partial charge in [-0.2, -0.15) is 0 Å². The second-order valence-corrected chi connectivity index (χ2v) is 4.64. The molecule has 0 radical (unpaired) electrons. The number of halogens is 3. The van der Waals surface area contributed by atoms with Crippen LogP contribution in [0.3, 0.4) is 0 Å². The van der Waals surface area contributed by atoms with Crippen molar-refractivity contribution in [1.82, 2.24) is 5.32 Å². The van der Waals surface area contributed by atoms with Crippen molar-refractivity contribution in [2.24, 2.45) is 0 Å². The molecule has 1 nitrogen and oxygen atoms in total.